The molecule has 4 unspecified atom stereocenters. The van der Waals surface area contributed by atoms with Gasteiger partial charge in [0, 0.05) is 6.07 Å². The highest BCUT2D eigenvalue weighted by molar-refractivity contribution is 5.62. The first-order valence-corrected chi connectivity index (χ1v) is 6.07. The van der Waals surface area contributed by atoms with Crippen molar-refractivity contribution in [1.29, 1.82) is 0 Å². The fourth-order valence-electron chi connectivity index (χ4n) is 2.00. The third kappa shape index (κ3) is 2.88. The van der Waals surface area contributed by atoms with Crippen LogP contribution in [0.25, 0.3) is 0 Å². The van der Waals surface area contributed by atoms with Gasteiger partial charge in [0.05, 0.1) is 11.5 Å². The molecule has 1 heterocycles. The maximum atomic E-state index is 11.0. The molecule has 0 radical (unpaired) electrons. The monoisotopic (exact) mass is 284 g/mol. The number of aliphatic hydroxyl groups excluding tert-OH is 3. The number of rotatable bonds is 3. The van der Waals surface area contributed by atoms with E-state index in [0.717, 1.165) is 5.56 Å². The lowest BCUT2D eigenvalue weighted by molar-refractivity contribution is -0.384. The summed E-state index contributed by atoms with van der Waals surface area (Å²) < 4.78 is 5.15. The highest BCUT2D eigenvalue weighted by Gasteiger charge is 2.38. The molecule has 1 aromatic carbocycles. The molecule has 1 fully saturated rings. The molecule has 8 nitrogen and oxygen atoms in total. The van der Waals surface area contributed by atoms with Gasteiger partial charge in [0.1, 0.15) is 24.0 Å². The normalized spacial score (nSPS) is 30.0. The maximum Gasteiger partial charge on any atom is 0.292 e. The summed E-state index contributed by atoms with van der Waals surface area (Å²) in [5, 5.41) is 42.3. The van der Waals surface area contributed by atoms with E-state index in [4.69, 9.17) is 4.74 Å². The van der Waals surface area contributed by atoms with E-state index >= 15 is 0 Å². The molecule has 20 heavy (non-hydrogen) atoms. The number of aryl methyl sites for hydroxylation is 1. The van der Waals surface area contributed by atoms with Gasteiger partial charge in [-0.25, -0.2) is 0 Å². The predicted octanol–water partition coefficient (Wildman–Crippen LogP) is -0.246. The Hall–Kier alpha value is -1.74. The summed E-state index contributed by atoms with van der Waals surface area (Å²) in [6.07, 6.45) is -4.98. The molecule has 8 heteroatoms. The molecule has 4 N–H and O–H groups in total. The zero-order valence-corrected chi connectivity index (χ0v) is 10.8. The van der Waals surface area contributed by atoms with E-state index in [1.165, 1.54) is 12.1 Å². The summed E-state index contributed by atoms with van der Waals surface area (Å²) >= 11 is 0. The Balaban J connectivity index is 2.20. The van der Waals surface area contributed by atoms with Crippen molar-refractivity contribution in [2.24, 2.45) is 0 Å². The predicted molar refractivity (Wildman–Crippen MR) is 69.2 cm³/mol. The molecule has 1 aromatic rings. The fourth-order valence-corrected chi connectivity index (χ4v) is 2.00. The van der Waals surface area contributed by atoms with Crippen LogP contribution in [0.4, 0.5) is 11.4 Å². The molecule has 0 aromatic heterocycles. The zero-order valence-electron chi connectivity index (χ0n) is 10.8. The van der Waals surface area contributed by atoms with Crippen molar-refractivity contribution in [2.75, 3.05) is 11.9 Å². The largest absolute Gasteiger partial charge is 0.388 e. The number of ether oxygens (including phenoxy) is 1. The number of nitro groups is 1. The number of aliphatic hydroxyl groups is 3. The molecule has 0 amide bonds. The summed E-state index contributed by atoms with van der Waals surface area (Å²) in [4.78, 5) is 10.4. The van der Waals surface area contributed by atoms with Gasteiger partial charge in [-0.2, -0.15) is 0 Å². The van der Waals surface area contributed by atoms with Crippen LogP contribution in [0.5, 0.6) is 0 Å². The van der Waals surface area contributed by atoms with Crippen LogP contribution in [0.1, 0.15) is 5.56 Å². The molecule has 2 rings (SSSR count). The summed E-state index contributed by atoms with van der Waals surface area (Å²) in [7, 11) is 0. The summed E-state index contributed by atoms with van der Waals surface area (Å²) in [5.41, 5.74) is 0.748. The number of anilines is 1. The summed E-state index contributed by atoms with van der Waals surface area (Å²) in [6, 6.07) is 4.57. The molecule has 1 aliphatic rings. The van der Waals surface area contributed by atoms with E-state index < -0.39 is 29.5 Å². The van der Waals surface area contributed by atoms with Crippen LogP contribution in [0.2, 0.25) is 0 Å². The first-order chi connectivity index (χ1) is 9.40. The van der Waals surface area contributed by atoms with E-state index in [-0.39, 0.29) is 18.0 Å². The Morgan fingerprint density at radius 1 is 1.35 bits per heavy atom. The number of hydrogen-bond acceptors (Lipinski definition) is 7. The Bertz CT molecular complexity index is 509. The molecule has 4 atom stereocenters. The number of nitro benzene ring substituents is 1. The van der Waals surface area contributed by atoms with Crippen molar-refractivity contribution < 1.29 is 25.0 Å². The van der Waals surface area contributed by atoms with Crippen molar-refractivity contribution in [2.45, 2.75) is 31.5 Å². The Morgan fingerprint density at radius 3 is 2.70 bits per heavy atom. The van der Waals surface area contributed by atoms with Crippen LogP contribution in [0, 0.1) is 17.0 Å². The quantitative estimate of drug-likeness (QED) is 0.445. The van der Waals surface area contributed by atoms with Gasteiger partial charge in [0.2, 0.25) is 0 Å². The number of nitrogens with one attached hydrogen (secondary N) is 1. The van der Waals surface area contributed by atoms with Gasteiger partial charge in [-0.1, -0.05) is 6.07 Å². The third-order valence-corrected chi connectivity index (χ3v) is 3.15. The van der Waals surface area contributed by atoms with Crippen LogP contribution >= 0.6 is 0 Å². The zero-order chi connectivity index (χ0) is 14.9. The van der Waals surface area contributed by atoms with Gasteiger partial charge in [-0.3, -0.25) is 10.1 Å². The van der Waals surface area contributed by atoms with Gasteiger partial charge < -0.3 is 25.4 Å². The standard InChI is InChI=1S/C12H16N2O6/c1-6-2-3-7(8(4-6)14(18)19)13-12-11(17)10(16)9(15)5-20-12/h2-4,9-13,15-17H,5H2,1H3. The van der Waals surface area contributed by atoms with E-state index in [1.54, 1.807) is 13.0 Å². The molecule has 110 valence electrons. The Kier molecular flexibility index (Phi) is 4.19. The second kappa shape index (κ2) is 5.71. The maximum absolute atomic E-state index is 11.0. The van der Waals surface area contributed by atoms with Crippen LogP contribution < -0.4 is 5.32 Å². The van der Waals surface area contributed by atoms with Gasteiger partial charge in [-0.05, 0) is 18.6 Å². The molecule has 0 saturated carbocycles. The van der Waals surface area contributed by atoms with E-state index in [9.17, 15) is 25.4 Å². The van der Waals surface area contributed by atoms with Gasteiger partial charge in [0.25, 0.3) is 5.69 Å². The average Bonchev–Trinajstić information content (AvgIpc) is 2.41. The number of nitrogens with zero attached hydrogens (tertiary/aromatic N) is 1. The second-order valence-electron chi connectivity index (χ2n) is 4.72. The first-order valence-electron chi connectivity index (χ1n) is 6.07. The van der Waals surface area contributed by atoms with Crippen molar-refractivity contribution in [3.63, 3.8) is 0 Å². The molecule has 1 aliphatic heterocycles. The van der Waals surface area contributed by atoms with Gasteiger partial charge in [-0.15, -0.1) is 0 Å². The van der Waals surface area contributed by atoms with Crippen molar-refractivity contribution in [3.8, 4) is 0 Å². The molecule has 0 aliphatic carbocycles. The molecule has 0 spiro atoms. The van der Waals surface area contributed by atoms with Gasteiger partial charge in [0.15, 0.2) is 6.23 Å². The van der Waals surface area contributed by atoms with Crippen molar-refractivity contribution >= 4 is 11.4 Å². The first kappa shape index (κ1) is 14.7. The van der Waals surface area contributed by atoms with Crippen molar-refractivity contribution in [3.05, 3.63) is 33.9 Å². The van der Waals surface area contributed by atoms with E-state index in [0.29, 0.717) is 0 Å². The lowest BCUT2D eigenvalue weighted by atomic mass is 10.0. The van der Waals surface area contributed by atoms with Crippen LogP contribution in [-0.2, 0) is 4.74 Å². The highest BCUT2D eigenvalue weighted by Crippen LogP contribution is 2.28. The summed E-state index contributed by atoms with van der Waals surface area (Å²) in [6.45, 7) is 1.55. The topological polar surface area (TPSA) is 125 Å². The average molecular weight is 284 g/mol. The van der Waals surface area contributed by atoms with Crippen LogP contribution in [-0.4, -0.2) is 51.4 Å². The number of benzene rings is 1. The summed E-state index contributed by atoms with van der Waals surface area (Å²) in [5.74, 6) is 0. The third-order valence-electron chi connectivity index (χ3n) is 3.15. The number of hydrogen-bond donors (Lipinski definition) is 4. The smallest absolute Gasteiger partial charge is 0.292 e. The molecular weight excluding hydrogens is 268 g/mol. The van der Waals surface area contributed by atoms with E-state index in [1.807, 2.05) is 0 Å². The second-order valence-corrected chi connectivity index (χ2v) is 4.72. The fraction of sp³-hybridized carbons (Fsp3) is 0.500. The minimum absolute atomic E-state index is 0.151. The minimum atomic E-state index is -1.39. The van der Waals surface area contributed by atoms with E-state index in [2.05, 4.69) is 5.32 Å². The lowest BCUT2D eigenvalue weighted by Crippen LogP contribution is -2.55. The van der Waals surface area contributed by atoms with Gasteiger partial charge >= 0.3 is 0 Å². The SMILES string of the molecule is Cc1ccc(NC2OCC(O)C(O)C2O)c([N+](=O)[O-])c1. The highest BCUT2D eigenvalue weighted by atomic mass is 16.6. The Morgan fingerprint density at radius 2 is 2.05 bits per heavy atom. The Labute approximate surface area is 114 Å². The van der Waals surface area contributed by atoms with Crippen LogP contribution in [0.15, 0.2) is 18.2 Å². The van der Waals surface area contributed by atoms with Crippen LogP contribution in [0.3, 0.4) is 0 Å². The minimum Gasteiger partial charge on any atom is -0.388 e. The molecule has 1 saturated heterocycles. The lowest BCUT2D eigenvalue weighted by Gasteiger charge is -2.35. The molecule has 0 bridgehead atoms. The molecular formula is C12H16N2O6. The van der Waals surface area contributed by atoms with Crippen molar-refractivity contribution in [1.82, 2.24) is 0 Å².